The van der Waals surface area contributed by atoms with E-state index in [2.05, 4.69) is 20.6 Å². The Morgan fingerprint density at radius 2 is 2.00 bits per heavy atom. The highest BCUT2D eigenvalue weighted by Crippen LogP contribution is 2.19. The van der Waals surface area contributed by atoms with Crippen molar-refractivity contribution >= 4 is 11.9 Å². The zero-order valence-electron chi connectivity index (χ0n) is 15.4. The van der Waals surface area contributed by atoms with E-state index in [9.17, 15) is 4.79 Å². The molecular formula is C20H26N4O2. The van der Waals surface area contributed by atoms with E-state index in [4.69, 9.17) is 4.74 Å². The Morgan fingerprint density at radius 1 is 1.23 bits per heavy atom. The average Bonchev–Trinajstić information content (AvgIpc) is 2.67. The van der Waals surface area contributed by atoms with Gasteiger partial charge in [0.2, 0.25) is 5.95 Å². The third-order valence-electron chi connectivity index (χ3n) is 4.79. The highest BCUT2D eigenvalue weighted by Gasteiger charge is 2.18. The fourth-order valence-electron chi connectivity index (χ4n) is 3.31. The summed E-state index contributed by atoms with van der Waals surface area (Å²) in [4.78, 5) is 21.2. The van der Waals surface area contributed by atoms with E-state index in [-0.39, 0.29) is 11.9 Å². The predicted octanol–water partition coefficient (Wildman–Crippen LogP) is 3.47. The molecule has 1 aromatic heterocycles. The zero-order valence-corrected chi connectivity index (χ0v) is 15.4. The number of rotatable bonds is 6. The normalized spacial score (nSPS) is 14.7. The van der Waals surface area contributed by atoms with Crippen molar-refractivity contribution in [3.05, 3.63) is 47.3 Å². The minimum absolute atomic E-state index is 0.0781. The number of nitrogens with zero attached hydrogens (tertiary/aromatic N) is 2. The molecule has 0 aliphatic heterocycles. The number of methoxy groups -OCH3 is 1. The van der Waals surface area contributed by atoms with E-state index in [0.717, 1.165) is 24.2 Å². The van der Waals surface area contributed by atoms with Crippen LogP contribution < -0.4 is 15.4 Å². The molecule has 1 aliphatic rings. The molecule has 2 aromatic rings. The number of aromatic nitrogens is 2. The number of carbonyl (C=O) groups excluding carboxylic acids is 1. The minimum Gasteiger partial charge on any atom is -0.496 e. The van der Waals surface area contributed by atoms with Crippen LogP contribution in [0.1, 0.15) is 53.7 Å². The van der Waals surface area contributed by atoms with Gasteiger partial charge in [-0.2, -0.15) is 0 Å². The van der Waals surface area contributed by atoms with Gasteiger partial charge in [0.05, 0.1) is 18.4 Å². The molecule has 138 valence electrons. The van der Waals surface area contributed by atoms with Gasteiger partial charge in [-0.3, -0.25) is 4.79 Å². The lowest BCUT2D eigenvalue weighted by Gasteiger charge is -2.23. The molecule has 0 unspecified atom stereocenters. The van der Waals surface area contributed by atoms with Gasteiger partial charge in [0, 0.05) is 24.3 Å². The van der Waals surface area contributed by atoms with Crippen LogP contribution in [0.25, 0.3) is 0 Å². The van der Waals surface area contributed by atoms with Crippen molar-refractivity contribution in [1.82, 2.24) is 15.3 Å². The Morgan fingerprint density at radius 3 is 2.73 bits per heavy atom. The third kappa shape index (κ3) is 4.50. The molecule has 1 aromatic carbocycles. The van der Waals surface area contributed by atoms with E-state index in [1.165, 1.54) is 19.3 Å². The summed E-state index contributed by atoms with van der Waals surface area (Å²) in [5, 5.41) is 6.30. The van der Waals surface area contributed by atoms with Gasteiger partial charge in [-0.15, -0.1) is 0 Å². The van der Waals surface area contributed by atoms with E-state index in [1.807, 2.05) is 31.2 Å². The van der Waals surface area contributed by atoms with Crippen LogP contribution in [-0.2, 0) is 6.54 Å². The summed E-state index contributed by atoms with van der Waals surface area (Å²) in [7, 11) is 1.65. The van der Waals surface area contributed by atoms with Gasteiger partial charge in [-0.05, 0) is 25.8 Å². The lowest BCUT2D eigenvalue weighted by atomic mass is 9.95. The Bertz CT molecular complexity index is 757. The number of anilines is 1. The number of ether oxygens (including phenoxy) is 1. The molecule has 0 bridgehead atoms. The van der Waals surface area contributed by atoms with Crippen LogP contribution in [0.4, 0.5) is 5.95 Å². The largest absolute Gasteiger partial charge is 0.496 e. The zero-order chi connectivity index (χ0) is 18.4. The number of hydrogen-bond donors (Lipinski definition) is 2. The molecule has 1 saturated carbocycles. The van der Waals surface area contributed by atoms with E-state index in [0.29, 0.717) is 23.8 Å². The number of aryl methyl sites for hydroxylation is 1. The lowest BCUT2D eigenvalue weighted by molar-refractivity contribution is 0.0926. The van der Waals surface area contributed by atoms with Crippen molar-refractivity contribution in [1.29, 1.82) is 0 Å². The van der Waals surface area contributed by atoms with Gasteiger partial charge < -0.3 is 15.4 Å². The second kappa shape index (κ2) is 8.65. The molecule has 1 fully saturated rings. The highest BCUT2D eigenvalue weighted by molar-refractivity contribution is 5.95. The van der Waals surface area contributed by atoms with Gasteiger partial charge in [0.25, 0.3) is 5.91 Å². The Labute approximate surface area is 154 Å². The van der Waals surface area contributed by atoms with Crippen LogP contribution in [0.5, 0.6) is 5.75 Å². The Hall–Kier alpha value is -2.63. The van der Waals surface area contributed by atoms with Gasteiger partial charge >= 0.3 is 0 Å². The van der Waals surface area contributed by atoms with Gasteiger partial charge in [0.1, 0.15) is 5.75 Å². The number of para-hydroxylation sites is 1. The number of hydrogen-bond acceptors (Lipinski definition) is 5. The van der Waals surface area contributed by atoms with Crippen LogP contribution in [0.2, 0.25) is 0 Å². The summed E-state index contributed by atoms with van der Waals surface area (Å²) in [6, 6.07) is 8.08. The fraction of sp³-hybridized carbons (Fsp3) is 0.450. The van der Waals surface area contributed by atoms with Crippen molar-refractivity contribution < 1.29 is 9.53 Å². The summed E-state index contributed by atoms with van der Waals surface area (Å²) in [6.07, 6.45) is 7.36. The maximum absolute atomic E-state index is 12.5. The monoisotopic (exact) mass is 354 g/mol. The fourth-order valence-corrected chi connectivity index (χ4v) is 3.31. The Kier molecular flexibility index (Phi) is 6.04. The smallest absolute Gasteiger partial charge is 0.254 e. The standard InChI is InChI=1S/C20H26N4O2/c1-14-17(19(25)24-16-9-4-3-5-10-16)13-22-20(23-14)21-12-15-8-6-7-11-18(15)26-2/h6-8,11,13,16H,3-5,9-10,12H2,1-2H3,(H,24,25)(H,21,22,23). The average molecular weight is 354 g/mol. The first-order chi connectivity index (χ1) is 12.7. The summed E-state index contributed by atoms with van der Waals surface area (Å²) in [6.45, 7) is 2.39. The molecule has 1 amide bonds. The van der Waals surface area contributed by atoms with Gasteiger partial charge in [0.15, 0.2) is 0 Å². The SMILES string of the molecule is COc1ccccc1CNc1ncc(C(=O)NC2CCCCC2)c(C)n1. The van der Waals surface area contributed by atoms with Crippen molar-refractivity contribution in [3.63, 3.8) is 0 Å². The first kappa shape index (κ1) is 18.2. The molecule has 0 spiro atoms. The molecule has 6 nitrogen and oxygen atoms in total. The quantitative estimate of drug-likeness (QED) is 0.831. The molecule has 1 heterocycles. The van der Waals surface area contributed by atoms with Crippen molar-refractivity contribution in [2.24, 2.45) is 0 Å². The van der Waals surface area contributed by atoms with Crippen molar-refractivity contribution in [2.75, 3.05) is 12.4 Å². The molecule has 1 aliphatic carbocycles. The maximum Gasteiger partial charge on any atom is 0.254 e. The van der Waals surface area contributed by atoms with Gasteiger partial charge in [-0.1, -0.05) is 37.5 Å². The van der Waals surface area contributed by atoms with Crippen molar-refractivity contribution in [2.45, 2.75) is 51.6 Å². The number of amides is 1. The van der Waals surface area contributed by atoms with E-state index in [1.54, 1.807) is 13.3 Å². The summed E-state index contributed by atoms with van der Waals surface area (Å²) in [5.41, 5.74) is 2.24. The molecule has 2 N–H and O–H groups in total. The van der Waals surface area contributed by atoms with E-state index < -0.39 is 0 Å². The lowest BCUT2D eigenvalue weighted by Crippen LogP contribution is -2.36. The first-order valence-electron chi connectivity index (χ1n) is 9.17. The predicted molar refractivity (Wildman–Crippen MR) is 101 cm³/mol. The first-order valence-corrected chi connectivity index (χ1v) is 9.17. The topological polar surface area (TPSA) is 76.1 Å². The van der Waals surface area contributed by atoms with Crippen LogP contribution in [0, 0.1) is 6.92 Å². The summed E-state index contributed by atoms with van der Waals surface area (Å²) >= 11 is 0. The third-order valence-corrected chi connectivity index (χ3v) is 4.79. The molecule has 3 rings (SSSR count). The minimum atomic E-state index is -0.0781. The number of nitrogens with one attached hydrogen (secondary N) is 2. The van der Waals surface area contributed by atoms with Gasteiger partial charge in [-0.25, -0.2) is 9.97 Å². The van der Waals surface area contributed by atoms with Crippen LogP contribution in [-0.4, -0.2) is 29.0 Å². The van der Waals surface area contributed by atoms with Crippen LogP contribution in [0.15, 0.2) is 30.5 Å². The second-order valence-electron chi connectivity index (χ2n) is 6.67. The van der Waals surface area contributed by atoms with E-state index >= 15 is 0 Å². The molecule has 0 radical (unpaired) electrons. The summed E-state index contributed by atoms with van der Waals surface area (Å²) in [5.74, 6) is 1.24. The van der Waals surface area contributed by atoms with Crippen LogP contribution in [0.3, 0.4) is 0 Å². The van der Waals surface area contributed by atoms with Crippen LogP contribution >= 0.6 is 0 Å². The Balaban J connectivity index is 1.62. The molecule has 0 atom stereocenters. The second-order valence-corrected chi connectivity index (χ2v) is 6.67. The number of carbonyl (C=O) groups is 1. The molecular weight excluding hydrogens is 328 g/mol. The number of benzene rings is 1. The molecule has 0 saturated heterocycles. The summed E-state index contributed by atoms with van der Waals surface area (Å²) < 4.78 is 5.35. The van der Waals surface area contributed by atoms with Crippen molar-refractivity contribution in [3.8, 4) is 5.75 Å². The molecule has 26 heavy (non-hydrogen) atoms. The molecule has 6 heteroatoms. The highest BCUT2D eigenvalue weighted by atomic mass is 16.5. The maximum atomic E-state index is 12.5.